The maximum Gasteiger partial charge on any atom is 0.257 e. The molecule has 5 heteroatoms. The molecule has 0 aromatic carbocycles. The van der Waals surface area contributed by atoms with Crippen LogP contribution in [0.5, 0.6) is 0 Å². The molecule has 2 heterocycles. The van der Waals surface area contributed by atoms with Crippen LogP contribution in [0.15, 0.2) is 6.20 Å². The molecule has 0 bridgehead atoms. The first-order chi connectivity index (χ1) is 8.99. The first kappa shape index (κ1) is 14.1. The minimum absolute atomic E-state index is 0.128. The third kappa shape index (κ3) is 2.81. The molecule has 0 aliphatic carbocycles. The second-order valence-electron chi connectivity index (χ2n) is 5.62. The number of piperidine rings is 1. The lowest BCUT2D eigenvalue weighted by Gasteiger charge is -2.39. The zero-order chi connectivity index (χ0) is 14.0. The van der Waals surface area contributed by atoms with Gasteiger partial charge in [-0.2, -0.15) is 5.10 Å². The van der Waals surface area contributed by atoms with Crippen molar-refractivity contribution in [2.45, 2.75) is 38.6 Å². The summed E-state index contributed by atoms with van der Waals surface area (Å²) in [7, 11) is 3.86. The molecule has 1 aromatic rings. The van der Waals surface area contributed by atoms with Crippen molar-refractivity contribution in [3.05, 3.63) is 17.5 Å². The topological polar surface area (TPSA) is 50.2 Å². The molecule has 2 rings (SSSR count). The first-order valence-electron chi connectivity index (χ1n) is 7.00. The summed E-state index contributed by atoms with van der Waals surface area (Å²) in [4.78, 5) is 14.5. The maximum absolute atomic E-state index is 12.5. The number of carbonyl (C=O) groups is 1. The Balaban J connectivity index is 2.09. The summed E-state index contributed by atoms with van der Waals surface area (Å²) in [5.74, 6) is 0.128. The Labute approximate surface area is 115 Å². The third-order valence-corrected chi connectivity index (χ3v) is 4.23. The summed E-state index contributed by atoms with van der Waals surface area (Å²) in [5, 5.41) is 7.70. The van der Waals surface area contributed by atoms with Crippen LogP contribution in [-0.2, 0) is 13.5 Å². The molecule has 1 fully saturated rings. The van der Waals surface area contributed by atoms with Crippen molar-refractivity contribution in [3.8, 4) is 0 Å². The molecule has 1 saturated heterocycles. The summed E-state index contributed by atoms with van der Waals surface area (Å²) in [6.07, 6.45) is 4.63. The monoisotopic (exact) mass is 264 g/mol. The van der Waals surface area contributed by atoms with Gasteiger partial charge in [-0.3, -0.25) is 9.48 Å². The molecule has 19 heavy (non-hydrogen) atoms. The Hall–Kier alpha value is -1.36. The number of hydrogen-bond donors (Lipinski definition) is 1. The van der Waals surface area contributed by atoms with Crippen molar-refractivity contribution in [3.63, 3.8) is 0 Å². The van der Waals surface area contributed by atoms with E-state index < -0.39 is 0 Å². The quantitative estimate of drug-likeness (QED) is 0.892. The number of aromatic nitrogens is 2. The van der Waals surface area contributed by atoms with E-state index in [1.165, 1.54) is 0 Å². The van der Waals surface area contributed by atoms with Crippen molar-refractivity contribution < 1.29 is 4.79 Å². The number of nitrogens with one attached hydrogen (secondary N) is 1. The summed E-state index contributed by atoms with van der Waals surface area (Å²) in [6.45, 7) is 5.88. The molecular formula is C14H24N4O. The van der Waals surface area contributed by atoms with E-state index in [1.54, 1.807) is 4.68 Å². The minimum atomic E-state index is 0.128. The molecule has 106 valence electrons. The predicted molar refractivity (Wildman–Crippen MR) is 75.2 cm³/mol. The lowest BCUT2D eigenvalue weighted by molar-refractivity contribution is 0.0660. The predicted octanol–water partition coefficient (Wildman–Crippen LogP) is 1.20. The highest BCUT2D eigenvalue weighted by molar-refractivity contribution is 5.95. The Bertz CT molecular complexity index is 458. The van der Waals surface area contributed by atoms with Crippen LogP contribution in [0, 0.1) is 0 Å². The normalized spacial score (nSPS) is 18.6. The second kappa shape index (κ2) is 5.33. The smallest absolute Gasteiger partial charge is 0.257 e. The number of nitrogens with zero attached hydrogens (tertiary/aromatic N) is 3. The van der Waals surface area contributed by atoms with E-state index in [-0.39, 0.29) is 11.4 Å². The van der Waals surface area contributed by atoms with E-state index >= 15 is 0 Å². The molecule has 1 N–H and O–H groups in total. The average Bonchev–Trinajstić information content (AvgIpc) is 2.80. The van der Waals surface area contributed by atoms with Crippen LogP contribution in [0.1, 0.15) is 42.7 Å². The van der Waals surface area contributed by atoms with Gasteiger partial charge in [-0.15, -0.1) is 0 Å². The van der Waals surface area contributed by atoms with Crippen molar-refractivity contribution in [2.75, 3.05) is 20.1 Å². The largest absolute Gasteiger partial charge is 0.338 e. The molecular weight excluding hydrogens is 240 g/mol. The van der Waals surface area contributed by atoms with Crippen LogP contribution in [0.4, 0.5) is 0 Å². The van der Waals surface area contributed by atoms with Crippen LogP contribution in [0.3, 0.4) is 0 Å². The Morgan fingerprint density at radius 3 is 2.63 bits per heavy atom. The van der Waals surface area contributed by atoms with Gasteiger partial charge in [-0.05, 0) is 33.2 Å². The van der Waals surface area contributed by atoms with Gasteiger partial charge in [0.15, 0.2) is 0 Å². The lowest BCUT2D eigenvalue weighted by atomic mass is 9.89. The van der Waals surface area contributed by atoms with Crippen LogP contribution in [0.2, 0.25) is 0 Å². The maximum atomic E-state index is 12.5. The SMILES string of the molecule is CCc1nn(C)cc1C(=O)N1CCC(C)(NC)CC1. The van der Waals surface area contributed by atoms with Gasteiger partial charge in [-0.1, -0.05) is 6.92 Å². The highest BCUT2D eigenvalue weighted by Gasteiger charge is 2.31. The zero-order valence-corrected chi connectivity index (χ0v) is 12.4. The molecule has 0 atom stereocenters. The van der Waals surface area contributed by atoms with E-state index in [0.29, 0.717) is 0 Å². The molecule has 0 spiro atoms. The summed E-state index contributed by atoms with van der Waals surface area (Å²) < 4.78 is 1.73. The zero-order valence-electron chi connectivity index (χ0n) is 12.4. The van der Waals surface area contributed by atoms with Crippen LogP contribution in [0.25, 0.3) is 0 Å². The van der Waals surface area contributed by atoms with Gasteiger partial charge in [0.05, 0.1) is 11.3 Å². The van der Waals surface area contributed by atoms with E-state index in [2.05, 4.69) is 17.3 Å². The van der Waals surface area contributed by atoms with Crippen molar-refractivity contribution in [1.82, 2.24) is 20.0 Å². The second-order valence-corrected chi connectivity index (χ2v) is 5.62. The molecule has 1 aliphatic heterocycles. The number of amides is 1. The Kier molecular flexibility index (Phi) is 3.94. The van der Waals surface area contributed by atoms with Crippen LogP contribution < -0.4 is 5.32 Å². The summed E-state index contributed by atoms with van der Waals surface area (Å²) in [6, 6.07) is 0. The van der Waals surface area contributed by atoms with E-state index in [4.69, 9.17) is 0 Å². The molecule has 1 aromatic heterocycles. The summed E-state index contributed by atoms with van der Waals surface area (Å²) >= 11 is 0. The minimum Gasteiger partial charge on any atom is -0.338 e. The third-order valence-electron chi connectivity index (χ3n) is 4.23. The number of rotatable bonds is 3. The number of carbonyl (C=O) groups excluding carboxylic acids is 1. The van der Waals surface area contributed by atoms with Gasteiger partial charge in [0.1, 0.15) is 0 Å². The molecule has 0 unspecified atom stereocenters. The number of hydrogen-bond acceptors (Lipinski definition) is 3. The highest BCUT2D eigenvalue weighted by Crippen LogP contribution is 2.23. The summed E-state index contributed by atoms with van der Waals surface area (Å²) in [5.41, 5.74) is 1.83. The molecule has 0 radical (unpaired) electrons. The fraction of sp³-hybridized carbons (Fsp3) is 0.714. The number of aryl methyl sites for hydroxylation is 2. The molecule has 5 nitrogen and oxygen atoms in total. The fourth-order valence-corrected chi connectivity index (χ4v) is 2.60. The fourth-order valence-electron chi connectivity index (χ4n) is 2.60. The van der Waals surface area contributed by atoms with E-state index in [9.17, 15) is 4.79 Å². The van der Waals surface area contributed by atoms with Gasteiger partial charge in [0, 0.05) is 31.9 Å². The Morgan fingerprint density at radius 1 is 1.47 bits per heavy atom. The standard InChI is InChI=1S/C14H24N4O/c1-5-12-11(10-17(4)16-12)13(19)18-8-6-14(2,15-3)7-9-18/h10,15H,5-9H2,1-4H3. The van der Waals surface area contributed by atoms with E-state index in [1.807, 2.05) is 32.1 Å². The Morgan fingerprint density at radius 2 is 2.11 bits per heavy atom. The molecule has 1 amide bonds. The van der Waals surface area contributed by atoms with Crippen molar-refractivity contribution >= 4 is 5.91 Å². The van der Waals surface area contributed by atoms with Gasteiger partial charge in [0.25, 0.3) is 5.91 Å². The lowest BCUT2D eigenvalue weighted by Crippen LogP contribution is -2.51. The number of likely N-dealkylation sites (tertiary alicyclic amines) is 1. The van der Waals surface area contributed by atoms with Gasteiger partial charge in [0.2, 0.25) is 0 Å². The van der Waals surface area contributed by atoms with Crippen LogP contribution >= 0.6 is 0 Å². The van der Waals surface area contributed by atoms with Gasteiger partial charge >= 0.3 is 0 Å². The molecule has 1 aliphatic rings. The van der Waals surface area contributed by atoms with Crippen molar-refractivity contribution in [1.29, 1.82) is 0 Å². The van der Waals surface area contributed by atoms with E-state index in [0.717, 1.165) is 43.6 Å². The molecule has 0 saturated carbocycles. The van der Waals surface area contributed by atoms with Crippen molar-refractivity contribution in [2.24, 2.45) is 7.05 Å². The van der Waals surface area contributed by atoms with Gasteiger partial charge < -0.3 is 10.2 Å². The van der Waals surface area contributed by atoms with Crippen LogP contribution in [-0.4, -0.2) is 46.3 Å². The average molecular weight is 264 g/mol. The van der Waals surface area contributed by atoms with Gasteiger partial charge in [-0.25, -0.2) is 0 Å². The first-order valence-corrected chi connectivity index (χ1v) is 7.00. The highest BCUT2D eigenvalue weighted by atomic mass is 16.2.